The third kappa shape index (κ3) is 4.51. The number of carbonyl (C=O) groups is 1. The van der Waals surface area contributed by atoms with Crippen molar-refractivity contribution in [2.75, 3.05) is 33.8 Å². The number of hydrogen-bond donors (Lipinski definition) is 1. The minimum Gasteiger partial charge on any atom is -0.493 e. The molecule has 4 rings (SSSR count). The maximum absolute atomic E-state index is 13.5. The summed E-state index contributed by atoms with van der Waals surface area (Å²) >= 11 is 0. The lowest BCUT2D eigenvalue weighted by Gasteiger charge is -2.15. The number of fused-ring (bicyclic) bond motifs is 1. The quantitative estimate of drug-likeness (QED) is 0.385. The van der Waals surface area contributed by atoms with Gasteiger partial charge in [-0.1, -0.05) is 36.4 Å². The molecule has 1 heterocycles. The van der Waals surface area contributed by atoms with Gasteiger partial charge in [0, 0.05) is 29.3 Å². The monoisotopic (exact) mass is 458 g/mol. The smallest absolute Gasteiger partial charge is 0.256 e. The molecule has 0 atom stereocenters. The standard InChI is InChI=1S/C27H26N2O5/c1-31-16-17-9-5-7-11-21(17)29-27(30)20-15-23(28-22-12-8-6-10-19(20)22)18-13-24(32-2)26(34-4)25(14-18)33-3/h5-15H,16H2,1-4H3,(H,29,30). The van der Waals surface area contributed by atoms with Crippen LogP contribution in [0.25, 0.3) is 22.2 Å². The van der Waals surface area contributed by atoms with E-state index in [0.29, 0.717) is 46.3 Å². The second-order valence-electron chi connectivity index (χ2n) is 7.53. The van der Waals surface area contributed by atoms with Crippen molar-refractivity contribution in [2.45, 2.75) is 6.61 Å². The van der Waals surface area contributed by atoms with Gasteiger partial charge in [-0.05, 0) is 30.3 Å². The van der Waals surface area contributed by atoms with Crippen LogP contribution < -0.4 is 19.5 Å². The Labute approximate surface area is 198 Å². The average Bonchev–Trinajstić information content (AvgIpc) is 2.88. The molecule has 0 radical (unpaired) electrons. The molecular weight excluding hydrogens is 432 g/mol. The van der Waals surface area contributed by atoms with Gasteiger partial charge in [0.15, 0.2) is 11.5 Å². The maximum atomic E-state index is 13.5. The summed E-state index contributed by atoms with van der Waals surface area (Å²) < 4.78 is 21.7. The van der Waals surface area contributed by atoms with Gasteiger partial charge in [-0.3, -0.25) is 4.79 Å². The number of pyridine rings is 1. The summed E-state index contributed by atoms with van der Waals surface area (Å²) in [6, 6.07) is 20.5. The Morgan fingerprint density at radius 2 is 1.53 bits per heavy atom. The number of amides is 1. The highest BCUT2D eigenvalue weighted by molar-refractivity contribution is 6.13. The molecule has 0 saturated carbocycles. The Morgan fingerprint density at radius 1 is 0.853 bits per heavy atom. The van der Waals surface area contributed by atoms with Crippen LogP contribution in [0, 0.1) is 0 Å². The zero-order valence-electron chi connectivity index (χ0n) is 19.5. The van der Waals surface area contributed by atoms with Gasteiger partial charge in [0.1, 0.15) is 0 Å². The molecule has 0 unspecified atom stereocenters. The fourth-order valence-electron chi connectivity index (χ4n) is 3.85. The lowest BCUT2D eigenvalue weighted by Crippen LogP contribution is -2.14. The van der Waals surface area contributed by atoms with Crippen LogP contribution in [-0.2, 0) is 11.3 Å². The zero-order valence-corrected chi connectivity index (χ0v) is 19.5. The molecular formula is C27H26N2O5. The normalized spacial score (nSPS) is 10.7. The van der Waals surface area contributed by atoms with Crippen molar-refractivity contribution in [2.24, 2.45) is 0 Å². The molecule has 1 N–H and O–H groups in total. The van der Waals surface area contributed by atoms with E-state index in [1.165, 1.54) is 0 Å². The topological polar surface area (TPSA) is 78.9 Å². The zero-order chi connectivity index (χ0) is 24.1. The first-order valence-electron chi connectivity index (χ1n) is 10.7. The van der Waals surface area contributed by atoms with E-state index in [1.807, 2.05) is 60.7 Å². The van der Waals surface area contributed by atoms with Crippen molar-refractivity contribution in [3.8, 4) is 28.5 Å². The molecule has 7 heteroatoms. The number of benzene rings is 3. The van der Waals surface area contributed by atoms with Crippen molar-refractivity contribution in [1.29, 1.82) is 0 Å². The Hall–Kier alpha value is -4.10. The minimum absolute atomic E-state index is 0.240. The number of aromatic nitrogens is 1. The predicted octanol–water partition coefficient (Wildman–Crippen LogP) is 5.33. The summed E-state index contributed by atoms with van der Waals surface area (Å²) in [4.78, 5) is 18.3. The van der Waals surface area contributed by atoms with E-state index < -0.39 is 0 Å². The number of methoxy groups -OCH3 is 4. The van der Waals surface area contributed by atoms with E-state index in [0.717, 1.165) is 16.5 Å². The van der Waals surface area contributed by atoms with Gasteiger partial charge in [-0.25, -0.2) is 4.98 Å². The van der Waals surface area contributed by atoms with Gasteiger partial charge in [-0.15, -0.1) is 0 Å². The van der Waals surface area contributed by atoms with E-state index in [9.17, 15) is 4.79 Å². The van der Waals surface area contributed by atoms with Gasteiger partial charge in [0.25, 0.3) is 5.91 Å². The Bertz CT molecular complexity index is 1310. The molecule has 174 valence electrons. The van der Waals surface area contributed by atoms with Crippen molar-refractivity contribution in [1.82, 2.24) is 4.98 Å². The van der Waals surface area contributed by atoms with Gasteiger partial charge in [0.2, 0.25) is 5.75 Å². The number of ether oxygens (including phenoxy) is 4. The highest BCUT2D eigenvalue weighted by Crippen LogP contribution is 2.41. The number of nitrogens with zero attached hydrogens (tertiary/aromatic N) is 1. The largest absolute Gasteiger partial charge is 0.493 e. The van der Waals surface area contributed by atoms with Crippen molar-refractivity contribution < 1.29 is 23.7 Å². The van der Waals surface area contributed by atoms with Crippen LogP contribution >= 0.6 is 0 Å². The number of nitrogens with one attached hydrogen (secondary N) is 1. The second-order valence-corrected chi connectivity index (χ2v) is 7.53. The van der Waals surface area contributed by atoms with E-state index in [1.54, 1.807) is 34.5 Å². The van der Waals surface area contributed by atoms with Crippen LogP contribution in [0.2, 0.25) is 0 Å². The first kappa shape index (κ1) is 23.1. The molecule has 0 spiro atoms. The van der Waals surface area contributed by atoms with E-state index >= 15 is 0 Å². The first-order valence-corrected chi connectivity index (χ1v) is 10.7. The van der Waals surface area contributed by atoms with Crippen LogP contribution in [0.1, 0.15) is 15.9 Å². The van der Waals surface area contributed by atoms with E-state index in [4.69, 9.17) is 23.9 Å². The fourth-order valence-corrected chi connectivity index (χ4v) is 3.85. The summed E-state index contributed by atoms with van der Waals surface area (Å²) in [5.41, 5.74) is 4.12. The first-order chi connectivity index (χ1) is 16.6. The average molecular weight is 459 g/mol. The lowest BCUT2D eigenvalue weighted by molar-refractivity contribution is 0.102. The molecule has 4 aromatic rings. The molecule has 1 amide bonds. The van der Waals surface area contributed by atoms with Crippen LogP contribution in [0.3, 0.4) is 0 Å². The minimum atomic E-state index is -0.240. The number of carbonyl (C=O) groups excluding carboxylic acids is 1. The van der Waals surface area contributed by atoms with Crippen molar-refractivity contribution >= 4 is 22.5 Å². The third-order valence-corrected chi connectivity index (χ3v) is 5.49. The van der Waals surface area contributed by atoms with Crippen LogP contribution in [-0.4, -0.2) is 39.3 Å². The summed E-state index contributed by atoms with van der Waals surface area (Å²) in [5.74, 6) is 1.26. The summed E-state index contributed by atoms with van der Waals surface area (Å²) in [5, 5.41) is 3.78. The van der Waals surface area contributed by atoms with Crippen molar-refractivity contribution in [3.63, 3.8) is 0 Å². The summed E-state index contributed by atoms with van der Waals surface area (Å²) in [6.45, 7) is 0.393. The number of hydrogen-bond acceptors (Lipinski definition) is 6. The maximum Gasteiger partial charge on any atom is 0.256 e. The van der Waals surface area contributed by atoms with E-state index in [-0.39, 0.29) is 5.91 Å². The molecule has 1 aromatic heterocycles. The summed E-state index contributed by atoms with van der Waals surface area (Å²) in [6.07, 6.45) is 0. The Morgan fingerprint density at radius 3 is 2.21 bits per heavy atom. The van der Waals surface area contributed by atoms with Gasteiger partial charge in [0.05, 0.1) is 44.7 Å². The Balaban J connectivity index is 1.83. The molecule has 3 aromatic carbocycles. The molecule has 0 saturated heterocycles. The molecule has 0 fully saturated rings. The molecule has 0 aliphatic heterocycles. The molecule has 0 aliphatic rings. The van der Waals surface area contributed by atoms with Crippen molar-refractivity contribution in [3.05, 3.63) is 77.9 Å². The number of rotatable bonds is 8. The summed E-state index contributed by atoms with van der Waals surface area (Å²) in [7, 11) is 6.30. The molecule has 0 aliphatic carbocycles. The van der Waals surface area contributed by atoms with Crippen LogP contribution in [0.4, 0.5) is 5.69 Å². The fraction of sp³-hybridized carbons (Fsp3) is 0.185. The Kier molecular flexibility index (Phi) is 6.94. The number of para-hydroxylation sites is 2. The van der Waals surface area contributed by atoms with Crippen LogP contribution in [0.15, 0.2) is 66.7 Å². The molecule has 0 bridgehead atoms. The third-order valence-electron chi connectivity index (χ3n) is 5.49. The molecule has 34 heavy (non-hydrogen) atoms. The van der Waals surface area contributed by atoms with Crippen LogP contribution in [0.5, 0.6) is 17.2 Å². The second kappa shape index (κ2) is 10.2. The lowest BCUT2D eigenvalue weighted by atomic mass is 10.0. The van der Waals surface area contributed by atoms with Gasteiger partial charge < -0.3 is 24.3 Å². The highest BCUT2D eigenvalue weighted by Gasteiger charge is 2.19. The highest BCUT2D eigenvalue weighted by atomic mass is 16.5. The predicted molar refractivity (Wildman–Crippen MR) is 132 cm³/mol. The SMILES string of the molecule is COCc1ccccc1NC(=O)c1cc(-c2cc(OC)c(OC)c(OC)c2)nc2ccccc12. The van der Waals surface area contributed by atoms with Gasteiger partial charge >= 0.3 is 0 Å². The van der Waals surface area contributed by atoms with Gasteiger partial charge in [-0.2, -0.15) is 0 Å². The molecule has 7 nitrogen and oxygen atoms in total. The van der Waals surface area contributed by atoms with E-state index in [2.05, 4.69) is 5.32 Å². The number of anilines is 1.